The number of ether oxygens (including phenoxy) is 1. The average Bonchev–Trinajstić information content (AvgIpc) is 2.51. The summed E-state index contributed by atoms with van der Waals surface area (Å²) in [5.41, 5.74) is 8.03. The van der Waals surface area contributed by atoms with E-state index >= 15 is 0 Å². The molecule has 1 saturated carbocycles. The largest absolute Gasteiger partial charge is 0.493 e. The van der Waals surface area contributed by atoms with Crippen LogP contribution in [0.1, 0.15) is 56.3 Å². The molecule has 0 spiro atoms. The molecule has 4 heteroatoms. The van der Waals surface area contributed by atoms with E-state index in [4.69, 9.17) is 10.5 Å². The number of rotatable bonds is 6. The van der Waals surface area contributed by atoms with Crippen LogP contribution in [0.4, 0.5) is 11.4 Å². The van der Waals surface area contributed by atoms with Crippen LogP contribution in [-0.2, 0) is 0 Å². The van der Waals surface area contributed by atoms with E-state index < -0.39 is 0 Å². The van der Waals surface area contributed by atoms with E-state index in [1.54, 1.807) is 6.07 Å². The summed E-state index contributed by atoms with van der Waals surface area (Å²) in [5.74, 6) is 2.09. The van der Waals surface area contributed by atoms with Crippen LogP contribution in [0.25, 0.3) is 0 Å². The van der Waals surface area contributed by atoms with E-state index in [1.165, 1.54) is 12.8 Å². The van der Waals surface area contributed by atoms with Gasteiger partial charge in [-0.05, 0) is 37.7 Å². The Kier molecular flexibility index (Phi) is 5.69. The minimum Gasteiger partial charge on any atom is -0.493 e. The van der Waals surface area contributed by atoms with Gasteiger partial charge in [-0.2, -0.15) is 0 Å². The predicted octanol–water partition coefficient (Wildman–Crippen LogP) is 4.11. The molecule has 0 amide bonds. The molecule has 0 bridgehead atoms. The number of nitrogens with one attached hydrogen (secondary N) is 1. The number of nitrogen functional groups attached to an aromatic ring is 1. The highest BCUT2D eigenvalue weighted by molar-refractivity contribution is 6.00. The first-order valence-electron chi connectivity index (χ1n) is 8.32. The Labute approximate surface area is 133 Å². The summed E-state index contributed by atoms with van der Waals surface area (Å²) in [5, 5.41) is 3.03. The summed E-state index contributed by atoms with van der Waals surface area (Å²) >= 11 is 0. The second kappa shape index (κ2) is 7.52. The molecule has 0 radical (unpaired) electrons. The van der Waals surface area contributed by atoms with E-state index in [0.717, 1.165) is 24.4 Å². The number of nitrogens with two attached hydrogens (primary N) is 1. The van der Waals surface area contributed by atoms with Crippen LogP contribution >= 0.6 is 0 Å². The summed E-state index contributed by atoms with van der Waals surface area (Å²) in [6.45, 7) is 4.75. The molecule has 1 aliphatic carbocycles. The topological polar surface area (TPSA) is 64.3 Å². The average molecular weight is 304 g/mol. The van der Waals surface area contributed by atoms with Crippen molar-refractivity contribution >= 4 is 17.2 Å². The van der Waals surface area contributed by atoms with Crippen molar-refractivity contribution in [3.63, 3.8) is 0 Å². The Balaban J connectivity index is 2.15. The van der Waals surface area contributed by atoms with E-state index in [2.05, 4.69) is 12.2 Å². The summed E-state index contributed by atoms with van der Waals surface area (Å²) in [6, 6.07) is 3.58. The Morgan fingerprint density at radius 1 is 1.32 bits per heavy atom. The van der Waals surface area contributed by atoms with Gasteiger partial charge in [-0.1, -0.05) is 19.8 Å². The standard InChI is InChI=1S/C18H28N2O2/c1-4-22-18-11-16(20-3)15(19)10-14(18)17(21)9-13-7-5-12(2)6-8-13/h10-13,20H,4-9,19H2,1-3H3. The Hall–Kier alpha value is -1.71. The third-order valence-electron chi connectivity index (χ3n) is 4.63. The van der Waals surface area contributed by atoms with Crippen LogP contribution in [0.15, 0.2) is 12.1 Å². The molecule has 1 aromatic rings. The maximum atomic E-state index is 12.7. The van der Waals surface area contributed by atoms with Gasteiger partial charge < -0.3 is 15.8 Å². The van der Waals surface area contributed by atoms with Crippen LogP contribution in [0.5, 0.6) is 5.75 Å². The van der Waals surface area contributed by atoms with Crippen molar-refractivity contribution in [2.75, 3.05) is 24.7 Å². The van der Waals surface area contributed by atoms with Gasteiger partial charge in [0.15, 0.2) is 5.78 Å². The molecule has 0 heterocycles. The number of carbonyl (C=O) groups is 1. The van der Waals surface area contributed by atoms with Gasteiger partial charge in [0.25, 0.3) is 0 Å². The number of carbonyl (C=O) groups excluding carboxylic acids is 1. The maximum Gasteiger partial charge on any atom is 0.166 e. The molecule has 3 N–H and O–H groups in total. The summed E-state index contributed by atoms with van der Waals surface area (Å²) in [6.07, 6.45) is 5.38. The van der Waals surface area contributed by atoms with E-state index in [0.29, 0.717) is 35.9 Å². The molecule has 122 valence electrons. The van der Waals surface area contributed by atoms with Gasteiger partial charge in [-0.3, -0.25) is 4.79 Å². The van der Waals surface area contributed by atoms with E-state index in [9.17, 15) is 4.79 Å². The molecule has 0 atom stereocenters. The van der Waals surface area contributed by atoms with Gasteiger partial charge in [0, 0.05) is 19.5 Å². The highest BCUT2D eigenvalue weighted by atomic mass is 16.5. The van der Waals surface area contributed by atoms with Crippen LogP contribution in [0, 0.1) is 11.8 Å². The number of benzene rings is 1. The Bertz CT molecular complexity index is 520. The van der Waals surface area contributed by atoms with Crippen LogP contribution < -0.4 is 15.8 Å². The molecule has 0 unspecified atom stereocenters. The number of Topliss-reactive ketones (excluding diaryl/α,β-unsaturated/α-hetero) is 1. The molecular weight excluding hydrogens is 276 g/mol. The van der Waals surface area contributed by atoms with E-state index in [1.807, 2.05) is 20.0 Å². The lowest BCUT2D eigenvalue weighted by Crippen LogP contribution is -2.17. The van der Waals surface area contributed by atoms with Crippen molar-refractivity contribution in [3.05, 3.63) is 17.7 Å². The zero-order valence-corrected chi connectivity index (χ0v) is 13.9. The third kappa shape index (κ3) is 3.93. The van der Waals surface area contributed by atoms with Crippen molar-refractivity contribution in [3.8, 4) is 5.75 Å². The lowest BCUT2D eigenvalue weighted by Gasteiger charge is -2.25. The fourth-order valence-corrected chi connectivity index (χ4v) is 3.21. The highest BCUT2D eigenvalue weighted by Crippen LogP contribution is 2.34. The number of ketones is 1. The summed E-state index contributed by atoms with van der Waals surface area (Å²) < 4.78 is 5.65. The minimum absolute atomic E-state index is 0.150. The van der Waals surface area contributed by atoms with Crippen molar-refractivity contribution in [2.24, 2.45) is 11.8 Å². The zero-order chi connectivity index (χ0) is 16.1. The Morgan fingerprint density at radius 3 is 2.59 bits per heavy atom. The number of hydrogen-bond donors (Lipinski definition) is 2. The molecule has 0 saturated heterocycles. The fraction of sp³-hybridized carbons (Fsp3) is 0.611. The van der Waals surface area contributed by atoms with Gasteiger partial charge in [-0.25, -0.2) is 0 Å². The second-order valence-corrected chi connectivity index (χ2v) is 6.37. The van der Waals surface area contributed by atoms with Crippen LogP contribution in [-0.4, -0.2) is 19.4 Å². The second-order valence-electron chi connectivity index (χ2n) is 6.37. The smallest absolute Gasteiger partial charge is 0.166 e. The predicted molar refractivity (Wildman–Crippen MR) is 91.6 cm³/mol. The fourth-order valence-electron chi connectivity index (χ4n) is 3.21. The molecule has 1 aromatic carbocycles. The molecule has 1 fully saturated rings. The quantitative estimate of drug-likeness (QED) is 0.613. The normalized spacial score (nSPS) is 21.4. The Morgan fingerprint density at radius 2 is 2.00 bits per heavy atom. The first-order chi connectivity index (χ1) is 10.5. The van der Waals surface area contributed by atoms with Crippen molar-refractivity contribution in [1.29, 1.82) is 0 Å². The molecule has 0 aromatic heterocycles. The molecule has 4 nitrogen and oxygen atoms in total. The van der Waals surface area contributed by atoms with Gasteiger partial charge in [-0.15, -0.1) is 0 Å². The van der Waals surface area contributed by atoms with Gasteiger partial charge >= 0.3 is 0 Å². The maximum absolute atomic E-state index is 12.7. The van der Waals surface area contributed by atoms with E-state index in [-0.39, 0.29) is 5.78 Å². The summed E-state index contributed by atoms with van der Waals surface area (Å²) in [7, 11) is 1.81. The molecule has 22 heavy (non-hydrogen) atoms. The van der Waals surface area contributed by atoms with Crippen molar-refractivity contribution in [2.45, 2.75) is 46.0 Å². The molecule has 0 aliphatic heterocycles. The van der Waals surface area contributed by atoms with Gasteiger partial charge in [0.1, 0.15) is 5.75 Å². The van der Waals surface area contributed by atoms with Crippen molar-refractivity contribution < 1.29 is 9.53 Å². The monoisotopic (exact) mass is 304 g/mol. The third-order valence-corrected chi connectivity index (χ3v) is 4.63. The molecule has 1 aliphatic rings. The SMILES string of the molecule is CCOc1cc(NC)c(N)cc1C(=O)CC1CCC(C)CC1. The van der Waals surface area contributed by atoms with Crippen LogP contribution in [0.3, 0.4) is 0 Å². The zero-order valence-electron chi connectivity index (χ0n) is 13.9. The van der Waals surface area contributed by atoms with Gasteiger partial charge in [0.2, 0.25) is 0 Å². The summed E-state index contributed by atoms with van der Waals surface area (Å²) in [4.78, 5) is 12.7. The number of hydrogen-bond acceptors (Lipinski definition) is 4. The first kappa shape index (κ1) is 16.7. The molecule has 2 rings (SSSR count). The number of anilines is 2. The van der Waals surface area contributed by atoms with Gasteiger partial charge in [0.05, 0.1) is 23.5 Å². The lowest BCUT2D eigenvalue weighted by atomic mass is 9.80. The van der Waals surface area contributed by atoms with Crippen LogP contribution in [0.2, 0.25) is 0 Å². The molecular formula is C18H28N2O2. The van der Waals surface area contributed by atoms with Crippen molar-refractivity contribution in [1.82, 2.24) is 0 Å². The first-order valence-corrected chi connectivity index (χ1v) is 8.32. The lowest BCUT2D eigenvalue weighted by molar-refractivity contribution is 0.0940. The minimum atomic E-state index is 0.150. The highest BCUT2D eigenvalue weighted by Gasteiger charge is 2.23.